The molecule has 0 saturated carbocycles. The Morgan fingerprint density at radius 3 is 2.67 bits per heavy atom. The van der Waals surface area contributed by atoms with Crippen molar-refractivity contribution >= 4 is 27.7 Å². The van der Waals surface area contributed by atoms with Gasteiger partial charge in [0.15, 0.2) is 0 Å². The Labute approximate surface area is 133 Å². The number of hydrogen-bond donors (Lipinski definition) is 1. The predicted octanol–water partition coefficient (Wildman–Crippen LogP) is 1.26. The summed E-state index contributed by atoms with van der Waals surface area (Å²) in [6, 6.07) is 5.59. The van der Waals surface area contributed by atoms with Gasteiger partial charge in [-0.1, -0.05) is 22.0 Å². The summed E-state index contributed by atoms with van der Waals surface area (Å²) in [6.07, 6.45) is 0. The summed E-state index contributed by atoms with van der Waals surface area (Å²) in [5, 5.41) is 3.21. The van der Waals surface area contributed by atoms with Gasteiger partial charge in [0.2, 0.25) is 5.91 Å². The maximum Gasteiger partial charge on any atom is 0.254 e. The van der Waals surface area contributed by atoms with E-state index < -0.39 is 0 Å². The van der Waals surface area contributed by atoms with Crippen molar-refractivity contribution in [3.63, 3.8) is 0 Å². The quantitative estimate of drug-likeness (QED) is 0.889. The second-order valence-corrected chi connectivity index (χ2v) is 6.17. The molecule has 114 valence electrons. The maximum atomic E-state index is 12.5. The van der Waals surface area contributed by atoms with E-state index in [1.165, 1.54) is 4.90 Å². The fraction of sp³-hybridized carbons (Fsp3) is 0.467. The summed E-state index contributed by atoms with van der Waals surface area (Å²) in [6.45, 7) is 5.05. The summed E-state index contributed by atoms with van der Waals surface area (Å²) >= 11 is 3.37. The number of amides is 2. The lowest BCUT2D eigenvalue weighted by atomic mass is 10.1. The summed E-state index contributed by atoms with van der Waals surface area (Å²) in [5.41, 5.74) is 1.53. The highest BCUT2D eigenvalue weighted by atomic mass is 79.9. The molecule has 2 rings (SSSR count). The van der Waals surface area contributed by atoms with Crippen molar-refractivity contribution in [1.82, 2.24) is 15.1 Å². The van der Waals surface area contributed by atoms with Gasteiger partial charge in [-0.05, 0) is 24.6 Å². The van der Waals surface area contributed by atoms with Crippen molar-refractivity contribution in [3.8, 4) is 0 Å². The molecule has 0 bridgehead atoms. The van der Waals surface area contributed by atoms with Gasteiger partial charge in [-0.3, -0.25) is 9.59 Å². The molecule has 2 amide bonds. The highest BCUT2D eigenvalue weighted by Crippen LogP contribution is 2.17. The van der Waals surface area contributed by atoms with E-state index in [0.717, 1.165) is 23.1 Å². The Bertz CT molecular complexity index is 542. The smallest absolute Gasteiger partial charge is 0.254 e. The van der Waals surface area contributed by atoms with E-state index in [4.69, 9.17) is 0 Å². The molecule has 1 fully saturated rings. The van der Waals surface area contributed by atoms with Gasteiger partial charge in [0.1, 0.15) is 0 Å². The van der Waals surface area contributed by atoms with Gasteiger partial charge in [0.05, 0.1) is 6.54 Å². The topological polar surface area (TPSA) is 52.7 Å². The highest BCUT2D eigenvalue weighted by molar-refractivity contribution is 9.10. The first-order chi connectivity index (χ1) is 9.99. The molecule has 1 aromatic carbocycles. The molecule has 1 aromatic rings. The van der Waals surface area contributed by atoms with Crippen molar-refractivity contribution < 1.29 is 9.59 Å². The average Bonchev–Trinajstić information content (AvgIpc) is 2.49. The molecule has 0 aromatic heterocycles. The summed E-state index contributed by atoms with van der Waals surface area (Å²) in [7, 11) is 1.67. The molecule has 5 nitrogen and oxygen atoms in total. The lowest BCUT2D eigenvalue weighted by molar-refractivity contribution is -0.132. The third-order valence-corrected chi connectivity index (χ3v) is 4.11. The molecule has 1 aliphatic heterocycles. The predicted molar refractivity (Wildman–Crippen MR) is 85.3 cm³/mol. The molecule has 21 heavy (non-hydrogen) atoms. The van der Waals surface area contributed by atoms with Crippen LogP contribution in [0, 0.1) is 6.92 Å². The molecule has 1 saturated heterocycles. The van der Waals surface area contributed by atoms with Crippen LogP contribution >= 0.6 is 15.9 Å². The number of nitrogens with one attached hydrogen (secondary N) is 1. The fourth-order valence-electron chi connectivity index (χ4n) is 2.32. The molecule has 1 heterocycles. The fourth-order valence-corrected chi connectivity index (χ4v) is 2.68. The molecule has 1 aliphatic rings. The average molecular weight is 354 g/mol. The van der Waals surface area contributed by atoms with Gasteiger partial charge in [-0.15, -0.1) is 0 Å². The van der Waals surface area contributed by atoms with Crippen molar-refractivity contribution in [3.05, 3.63) is 33.8 Å². The molecule has 0 radical (unpaired) electrons. The van der Waals surface area contributed by atoms with E-state index in [2.05, 4.69) is 21.2 Å². The zero-order valence-electron chi connectivity index (χ0n) is 12.4. The molecular weight excluding hydrogens is 334 g/mol. The van der Waals surface area contributed by atoms with Crippen molar-refractivity contribution in [1.29, 1.82) is 0 Å². The zero-order valence-corrected chi connectivity index (χ0v) is 13.9. The highest BCUT2D eigenvalue weighted by Gasteiger charge is 2.21. The molecule has 0 unspecified atom stereocenters. The first kappa shape index (κ1) is 16.0. The van der Waals surface area contributed by atoms with Crippen LogP contribution in [0.5, 0.6) is 0 Å². The van der Waals surface area contributed by atoms with E-state index in [1.807, 2.05) is 19.1 Å². The minimum atomic E-state index is -0.128. The van der Waals surface area contributed by atoms with Crippen LogP contribution in [0.3, 0.4) is 0 Å². The molecule has 1 N–H and O–H groups in total. The van der Waals surface area contributed by atoms with Crippen molar-refractivity contribution in [2.75, 3.05) is 39.8 Å². The van der Waals surface area contributed by atoms with E-state index in [1.54, 1.807) is 18.0 Å². The molecule has 0 aliphatic carbocycles. The Balaban J connectivity index is 2.02. The van der Waals surface area contributed by atoms with E-state index in [9.17, 15) is 9.59 Å². The van der Waals surface area contributed by atoms with Crippen molar-refractivity contribution in [2.45, 2.75) is 6.92 Å². The number of carbonyl (C=O) groups excluding carboxylic acids is 2. The molecule has 0 atom stereocenters. The van der Waals surface area contributed by atoms with Crippen LogP contribution in [-0.4, -0.2) is 61.4 Å². The Kier molecular flexibility index (Phi) is 5.36. The number of nitrogens with zero attached hydrogens (tertiary/aromatic N) is 2. The maximum absolute atomic E-state index is 12.5. The SMILES string of the molecule is Cc1ccc(Br)cc1C(=O)N(C)CC(=O)N1CCNCC1. The Morgan fingerprint density at radius 1 is 1.33 bits per heavy atom. The first-order valence-corrected chi connectivity index (χ1v) is 7.78. The number of rotatable bonds is 3. The number of piperazine rings is 1. The van der Waals surface area contributed by atoms with Gasteiger partial charge in [0, 0.05) is 43.3 Å². The minimum absolute atomic E-state index is 0.000000118. The van der Waals surface area contributed by atoms with Crippen LogP contribution in [0.15, 0.2) is 22.7 Å². The van der Waals surface area contributed by atoms with Gasteiger partial charge in [-0.2, -0.15) is 0 Å². The largest absolute Gasteiger partial charge is 0.339 e. The van der Waals surface area contributed by atoms with Crippen LogP contribution in [-0.2, 0) is 4.79 Å². The molecule has 6 heteroatoms. The van der Waals surface area contributed by atoms with Gasteiger partial charge in [-0.25, -0.2) is 0 Å². The van der Waals surface area contributed by atoms with Crippen molar-refractivity contribution in [2.24, 2.45) is 0 Å². The normalized spacial score (nSPS) is 14.9. The van der Waals surface area contributed by atoms with Crippen LogP contribution in [0.2, 0.25) is 0 Å². The summed E-state index contributed by atoms with van der Waals surface area (Å²) in [4.78, 5) is 27.9. The minimum Gasteiger partial charge on any atom is -0.339 e. The van der Waals surface area contributed by atoms with E-state index in [-0.39, 0.29) is 18.4 Å². The second-order valence-electron chi connectivity index (χ2n) is 5.25. The standard InChI is InChI=1S/C15H20BrN3O2/c1-11-3-4-12(16)9-13(11)15(21)18(2)10-14(20)19-7-5-17-6-8-19/h3-4,9,17H,5-8,10H2,1-2H3. The Morgan fingerprint density at radius 2 is 2.00 bits per heavy atom. The monoisotopic (exact) mass is 353 g/mol. The number of aryl methyl sites for hydroxylation is 1. The third kappa shape index (κ3) is 4.04. The van der Waals surface area contributed by atoms with E-state index in [0.29, 0.717) is 18.7 Å². The van der Waals surface area contributed by atoms with Crippen LogP contribution in [0.25, 0.3) is 0 Å². The van der Waals surface area contributed by atoms with Crippen LogP contribution < -0.4 is 5.32 Å². The number of likely N-dealkylation sites (N-methyl/N-ethyl adjacent to an activating group) is 1. The summed E-state index contributed by atoms with van der Waals surface area (Å²) < 4.78 is 0.860. The molecule has 0 spiro atoms. The first-order valence-electron chi connectivity index (χ1n) is 6.99. The van der Waals surface area contributed by atoms with E-state index >= 15 is 0 Å². The number of hydrogen-bond acceptors (Lipinski definition) is 3. The zero-order chi connectivity index (χ0) is 15.4. The third-order valence-electron chi connectivity index (χ3n) is 3.62. The van der Waals surface area contributed by atoms with Crippen LogP contribution in [0.4, 0.5) is 0 Å². The lowest BCUT2D eigenvalue weighted by Gasteiger charge is -2.29. The second kappa shape index (κ2) is 7.04. The Hall–Kier alpha value is -1.40. The molecular formula is C15H20BrN3O2. The number of halogens is 1. The number of carbonyl (C=O) groups is 2. The van der Waals surface area contributed by atoms with Gasteiger partial charge in [0.25, 0.3) is 5.91 Å². The lowest BCUT2D eigenvalue weighted by Crippen LogP contribution is -2.49. The number of benzene rings is 1. The van der Waals surface area contributed by atoms with Crippen LogP contribution in [0.1, 0.15) is 15.9 Å². The van der Waals surface area contributed by atoms with Gasteiger partial charge >= 0.3 is 0 Å². The van der Waals surface area contributed by atoms with Gasteiger partial charge < -0.3 is 15.1 Å². The summed E-state index contributed by atoms with van der Waals surface area (Å²) in [5.74, 6) is -0.128.